The molecule has 0 heterocycles. The van der Waals surface area contributed by atoms with Crippen LogP contribution in [0.5, 0.6) is 0 Å². The number of hydrogen-bond donors (Lipinski definition) is 2. The van der Waals surface area contributed by atoms with Crippen LogP contribution in [-0.4, -0.2) is 12.5 Å². The number of hydrogen-bond acceptors (Lipinski definition) is 2. The molecule has 0 bridgehead atoms. The Morgan fingerprint density at radius 1 is 1.43 bits per heavy atom. The molecule has 1 aromatic carbocycles. The second kappa shape index (κ2) is 4.47. The van der Waals surface area contributed by atoms with Crippen LogP contribution in [-0.2, 0) is 4.79 Å². The molecule has 0 aromatic heterocycles. The zero-order valence-electron chi connectivity index (χ0n) is 6.98. The average molecular weight is 265 g/mol. The number of carbonyl (C=O) groups is 1. The minimum absolute atomic E-state index is 0.262. The summed E-state index contributed by atoms with van der Waals surface area (Å²) in [7, 11) is 0. The summed E-state index contributed by atoms with van der Waals surface area (Å²) in [5, 5.41) is 2.02. The first kappa shape index (κ1) is 11.1. The van der Waals surface area contributed by atoms with Crippen molar-refractivity contribution in [3.05, 3.63) is 28.2 Å². The summed E-state index contributed by atoms with van der Waals surface area (Å²) in [6.45, 7) is -0.324. The number of anilines is 1. The van der Waals surface area contributed by atoms with Crippen molar-refractivity contribution in [3.8, 4) is 0 Å². The molecule has 1 amide bonds. The normalized spacial score (nSPS) is 10.0. The maximum atomic E-state index is 13.1. The Labute approximate surface area is 87.4 Å². The molecule has 0 spiro atoms. The van der Waals surface area contributed by atoms with Crippen LogP contribution in [0.4, 0.5) is 14.5 Å². The van der Waals surface area contributed by atoms with Crippen LogP contribution in [0.3, 0.4) is 0 Å². The first-order valence-electron chi connectivity index (χ1n) is 3.69. The molecule has 0 aliphatic carbocycles. The van der Waals surface area contributed by atoms with Crippen molar-refractivity contribution in [1.29, 1.82) is 0 Å². The molecule has 0 fully saturated rings. The van der Waals surface area contributed by atoms with E-state index in [1.165, 1.54) is 0 Å². The van der Waals surface area contributed by atoms with Gasteiger partial charge in [-0.1, -0.05) is 15.9 Å². The van der Waals surface area contributed by atoms with Crippen molar-refractivity contribution in [2.75, 3.05) is 11.9 Å². The van der Waals surface area contributed by atoms with E-state index in [-0.39, 0.29) is 11.0 Å². The van der Waals surface area contributed by atoms with Crippen molar-refractivity contribution in [3.63, 3.8) is 0 Å². The molecule has 0 unspecified atom stereocenters. The van der Waals surface area contributed by atoms with Crippen molar-refractivity contribution in [2.45, 2.75) is 0 Å². The summed E-state index contributed by atoms with van der Waals surface area (Å²) in [6.07, 6.45) is 0. The average Bonchev–Trinajstić information content (AvgIpc) is 2.10. The first-order chi connectivity index (χ1) is 6.54. The lowest BCUT2D eigenvalue weighted by Crippen LogP contribution is -2.23. The van der Waals surface area contributed by atoms with Gasteiger partial charge in [-0.3, -0.25) is 4.79 Å². The molecule has 1 aromatic rings. The molecule has 3 N–H and O–H groups in total. The van der Waals surface area contributed by atoms with Crippen LogP contribution < -0.4 is 11.1 Å². The summed E-state index contributed by atoms with van der Waals surface area (Å²) in [6, 6.07) is 2.10. The molecule has 3 nitrogen and oxygen atoms in total. The lowest BCUT2D eigenvalue weighted by Gasteiger charge is -2.06. The quantitative estimate of drug-likeness (QED) is 0.853. The van der Waals surface area contributed by atoms with E-state index in [1.54, 1.807) is 0 Å². The number of benzene rings is 1. The van der Waals surface area contributed by atoms with Gasteiger partial charge in [0.05, 0.1) is 6.54 Å². The fourth-order valence-electron chi connectivity index (χ4n) is 0.852. The van der Waals surface area contributed by atoms with Gasteiger partial charge in [0.1, 0.15) is 5.69 Å². The van der Waals surface area contributed by atoms with Gasteiger partial charge in [-0.2, -0.15) is 0 Å². The number of halogens is 3. The van der Waals surface area contributed by atoms with E-state index in [0.29, 0.717) is 0 Å². The Morgan fingerprint density at radius 2 is 1.93 bits per heavy atom. The SMILES string of the molecule is NCC(=O)Nc1c(F)cc(Br)cc1F. The third-order valence-corrected chi connectivity index (χ3v) is 1.91. The van der Waals surface area contributed by atoms with Crippen LogP contribution in [0.2, 0.25) is 0 Å². The largest absolute Gasteiger partial charge is 0.322 e. The zero-order chi connectivity index (χ0) is 10.7. The maximum absolute atomic E-state index is 13.1. The Bertz CT molecular complexity index is 347. The molecule has 76 valence electrons. The van der Waals surface area contributed by atoms with E-state index < -0.39 is 23.2 Å². The number of amides is 1. The summed E-state index contributed by atoms with van der Waals surface area (Å²) in [5.74, 6) is -2.34. The smallest absolute Gasteiger partial charge is 0.238 e. The fraction of sp³-hybridized carbons (Fsp3) is 0.125. The van der Waals surface area contributed by atoms with Gasteiger partial charge in [-0.25, -0.2) is 8.78 Å². The highest BCUT2D eigenvalue weighted by Crippen LogP contribution is 2.23. The van der Waals surface area contributed by atoms with Crippen molar-refractivity contribution in [1.82, 2.24) is 0 Å². The summed E-state index contributed by atoms with van der Waals surface area (Å²) >= 11 is 2.91. The molecule has 0 radical (unpaired) electrons. The number of carbonyl (C=O) groups excluding carboxylic acids is 1. The Morgan fingerprint density at radius 3 is 2.36 bits per heavy atom. The molecule has 0 aliphatic rings. The molecule has 1 rings (SSSR count). The van der Waals surface area contributed by atoms with Crippen molar-refractivity contribution < 1.29 is 13.6 Å². The molecular weight excluding hydrogens is 258 g/mol. The fourth-order valence-corrected chi connectivity index (χ4v) is 1.25. The summed E-state index contributed by atoms with van der Waals surface area (Å²) in [5.41, 5.74) is 4.50. The molecule has 14 heavy (non-hydrogen) atoms. The Kier molecular flexibility index (Phi) is 3.54. The highest BCUT2D eigenvalue weighted by molar-refractivity contribution is 9.10. The van der Waals surface area contributed by atoms with Gasteiger partial charge in [-0.05, 0) is 12.1 Å². The maximum Gasteiger partial charge on any atom is 0.238 e. The second-order valence-electron chi connectivity index (χ2n) is 2.50. The monoisotopic (exact) mass is 264 g/mol. The molecule has 0 saturated heterocycles. The molecular formula is C8H7BrF2N2O. The lowest BCUT2D eigenvalue weighted by molar-refractivity contribution is -0.114. The van der Waals surface area contributed by atoms with E-state index in [9.17, 15) is 13.6 Å². The lowest BCUT2D eigenvalue weighted by atomic mass is 10.3. The molecule has 0 atom stereocenters. The van der Waals surface area contributed by atoms with Gasteiger partial charge in [0.2, 0.25) is 5.91 Å². The Balaban J connectivity index is 3.02. The van der Waals surface area contributed by atoms with E-state index in [0.717, 1.165) is 12.1 Å². The van der Waals surface area contributed by atoms with Crippen LogP contribution in [0.25, 0.3) is 0 Å². The van der Waals surface area contributed by atoms with Gasteiger partial charge in [-0.15, -0.1) is 0 Å². The van der Waals surface area contributed by atoms with Crippen LogP contribution in [0.15, 0.2) is 16.6 Å². The van der Waals surface area contributed by atoms with Crippen LogP contribution in [0.1, 0.15) is 0 Å². The standard InChI is InChI=1S/C8H7BrF2N2O/c9-4-1-5(10)8(6(11)2-4)13-7(14)3-12/h1-2H,3,12H2,(H,13,14). The molecule has 0 saturated carbocycles. The predicted molar refractivity (Wildman–Crippen MR) is 51.7 cm³/mol. The van der Waals surface area contributed by atoms with Gasteiger partial charge in [0.25, 0.3) is 0 Å². The van der Waals surface area contributed by atoms with Crippen LogP contribution >= 0.6 is 15.9 Å². The third-order valence-electron chi connectivity index (χ3n) is 1.46. The predicted octanol–water partition coefficient (Wildman–Crippen LogP) is 1.62. The number of rotatable bonds is 2. The van der Waals surface area contributed by atoms with E-state index >= 15 is 0 Å². The van der Waals surface area contributed by atoms with Gasteiger partial charge >= 0.3 is 0 Å². The Hall–Kier alpha value is -1.01. The zero-order valence-corrected chi connectivity index (χ0v) is 8.57. The molecule has 6 heteroatoms. The molecule has 0 aliphatic heterocycles. The second-order valence-corrected chi connectivity index (χ2v) is 3.41. The minimum atomic E-state index is -0.848. The highest BCUT2D eigenvalue weighted by Gasteiger charge is 2.12. The summed E-state index contributed by atoms with van der Waals surface area (Å²) < 4.78 is 26.4. The number of nitrogens with two attached hydrogens (primary N) is 1. The van der Waals surface area contributed by atoms with Crippen molar-refractivity contribution >= 4 is 27.5 Å². The van der Waals surface area contributed by atoms with E-state index in [4.69, 9.17) is 5.73 Å². The minimum Gasteiger partial charge on any atom is -0.322 e. The van der Waals surface area contributed by atoms with E-state index in [1.807, 2.05) is 5.32 Å². The number of nitrogens with one attached hydrogen (secondary N) is 1. The van der Waals surface area contributed by atoms with Crippen LogP contribution in [0, 0.1) is 11.6 Å². The van der Waals surface area contributed by atoms with Crippen molar-refractivity contribution in [2.24, 2.45) is 5.73 Å². The van der Waals surface area contributed by atoms with Gasteiger partial charge in [0.15, 0.2) is 11.6 Å². The topological polar surface area (TPSA) is 55.1 Å². The van der Waals surface area contributed by atoms with Gasteiger partial charge < -0.3 is 11.1 Å². The highest BCUT2D eigenvalue weighted by atomic mass is 79.9. The third kappa shape index (κ3) is 2.49. The first-order valence-corrected chi connectivity index (χ1v) is 4.48. The van der Waals surface area contributed by atoms with Gasteiger partial charge in [0, 0.05) is 4.47 Å². The summed E-state index contributed by atoms with van der Waals surface area (Å²) in [4.78, 5) is 10.8. The van der Waals surface area contributed by atoms with E-state index in [2.05, 4.69) is 15.9 Å².